The quantitative estimate of drug-likeness (QED) is 0.711. The average molecular weight is 401 g/mol. The summed E-state index contributed by atoms with van der Waals surface area (Å²) < 4.78 is 6.29. The maximum Gasteiger partial charge on any atom is 0.255 e. The first kappa shape index (κ1) is 18.5. The minimum Gasteiger partial charge on any atom is -0.489 e. The van der Waals surface area contributed by atoms with Gasteiger partial charge < -0.3 is 9.72 Å². The minimum atomic E-state index is -0.113. The van der Waals surface area contributed by atoms with E-state index in [1.54, 1.807) is 12.3 Å². The van der Waals surface area contributed by atoms with Gasteiger partial charge in [-0.15, -0.1) is 0 Å². The monoisotopic (exact) mass is 400 g/mol. The Morgan fingerprint density at radius 3 is 2.32 bits per heavy atom. The molecule has 0 saturated heterocycles. The predicted molar refractivity (Wildman–Crippen MR) is 113 cm³/mol. The van der Waals surface area contributed by atoms with Gasteiger partial charge in [0.2, 0.25) is 0 Å². The average Bonchev–Trinajstić information content (AvgIpc) is 3.60. The Morgan fingerprint density at radius 2 is 1.68 bits per heavy atom. The summed E-state index contributed by atoms with van der Waals surface area (Å²) in [6.45, 7) is 2.63. The Morgan fingerprint density at radius 1 is 1.00 bits per heavy atom. The van der Waals surface area contributed by atoms with Crippen LogP contribution in [0.2, 0.25) is 5.02 Å². The first-order chi connectivity index (χ1) is 13.7. The van der Waals surface area contributed by atoms with Crippen molar-refractivity contribution in [3.8, 4) is 5.75 Å². The van der Waals surface area contributed by atoms with Gasteiger partial charge in [-0.2, -0.15) is 0 Å². The lowest BCUT2D eigenvalue weighted by molar-refractivity contribution is 0.0825. The van der Waals surface area contributed by atoms with E-state index in [0.29, 0.717) is 16.2 Å². The Labute approximate surface area is 171 Å². The second kappa shape index (κ2) is 7.72. The van der Waals surface area contributed by atoms with E-state index in [9.17, 15) is 4.79 Å². The van der Waals surface area contributed by atoms with Crippen molar-refractivity contribution in [1.29, 1.82) is 0 Å². The van der Waals surface area contributed by atoms with Crippen LogP contribution in [0.5, 0.6) is 5.75 Å². The van der Waals surface area contributed by atoms with Gasteiger partial charge in [0.15, 0.2) is 0 Å². The van der Waals surface area contributed by atoms with Crippen LogP contribution in [0.15, 0.2) is 29.2 Å². The molecule has 0 spiro atoms. The maximum atomic E-state index is 11.9. The third-order valence-corrected chi connectivity index (χ3v) is 6.95. The first-order valence-electron chi connectivity index (χ1n) is 10.9. The van der Waals surface area contributed by atoms with Crippen LogP contribution >= 0.6 is 11.6 Å². The number of pyridine rings is 1. The summed E-state index contributed by atoms with van der Waals surface area (Å²) in [5, 5.41) is 2.01. The van der Waals surface area contributed by atoms with E-state index in [0.717, 1.165) is 36.1 Å². The molecule has 0 bridgehead atoms. The molecule has 3 saturated carbocycles. The number of aromatic nitrogens is 1. The summed E-state index contributed by atoms with van der Waals surface area (Å²) in [5.41, 5.74) is -0.113. The molecule has 5 heteroatoms. The van der Waals surface area contributed by atoms with Crippen LogP contribution in [0.1, 0.15) is 51.4 Å². The van der Waals surface area contributed by atoms with Gasteiger partial charge in [-0.05, 0) is 86.8 Å². The van der Waals surface area contributed by atoms with E-state index in [2.05, 4.69) is 9.88 Å². The molecule has 0 aliphatic heterocycles. The van der Waals surface area contributed by atoms with Crippen molar-refractivity contribution < 1.29 is 4.74 Å². The largest absolute Gasteiger partial charge is 0.489 e. The molecule has 0 atom stereocenters. The molecule has 3 fully saturated rings. The van der Waals surface area contributed by atoms with Gasteiger partial charge in [-0.25, -0.2) is 0 Å². The van der Waals surface area contributed by atoms with E-state index >= 15 is 0 Å². The minimum absolute atomic E-state index is 0.113. The number of nitrogens with one attached hydrogen (secondary N) is 1. The maximum absolute atomic E-state index is 11.9. The molecular formula is C23H29ClN2O2. The topological polar surface area (TPSA) is 45.3 Å². The van der Waals surface area contributed by atoms with Crippen LogP contribution in [-0.4, -0.2) is 35.1 Å². The van der Waals surface area contributed by atoms with E-state index in [4.69, 9.17) is 16.3 Å². The number of aromatic amines is 1. The van der Waals surface area contributed by atoms with E-state index in [1.807, 2.05) is 12.1 Å². The van der Waals surface area contributed by atoms with Gasteiger partial charge in [0.05, 0.1) is 11.1 Å². The third-order valence-electron chi connectivity index (χ3n) is 6.66. The van der Waals surface area contributed by atoms with Crippen LogP contribution in [0.25, 0.3) is 10.8 Å². The highest BCUT2D eigenvalue weighted by Crippen LogP contribution is 2.38. The number of hydrogen-bond acceptors (Lipinski definition) is 3. The molecule has 1 aromatic carbocycles. The van der Waals surface area contributed by atoms with Gasteiger partial charge in [0.25, 0.3) is 5.56 Å². The molecule has 0 unspecified atom stereocenters. The van der Waals surface area contributed by atoms with Crippen molar-refractivity contribution in [2.45, 2.75) is 63.5 Å². The van der Waals surface area contributed by atoms with Crippen molar-refractivity contribution in [1.82, 2.24) is 9.88 Å². The summed E-state index contributed by atoms with van der Waals surface area (Å²) in [6.07, 6.45) is 12.2. The fourth-order valence-electron chi connectivity index (χ4n) is 4.62. The molecule has 4 nitrogen and oxygen atoms in total. The van der Waals surface area contributed by atoms with Crippen molar-refractivity contribution in [3.63, 3.8) is 0 Å². The van der Waals surface area contributed by atoms with Gasteiger partial charge in [-0.1, -0.05) is 11.6 Å². The number of fused-ring (bicyclic) bond motifs is 1. The molecule has 5 rings (SSSR count). The van der Waals surface area contributed by atoms with Crippen LogP contribution < -0.4 is 10.3 Å². The Hall–Kier alpha value is -1.52. The third kappa shape index (κ3) is 4.23. The molecule has 1 heterocycles. The van der Waals surface area contributed by atoms with Gasteiger partial charge in [0, 0.05) is 30.7 Å². The van der Waals surface area contributed by atoms with Crippen LogP contribution in [0, 0.1) is 11.8 Å². The molecule has 3 aliphatic carbocycles. The summed E-state index contributed by atoms with van der Waals surface area (Å²) in [5.74, 6) is 2.63. The number of benzene rings is 1. The van der Waals surface area contributed by atoms with E-state index in [1.165, 1.54) is 51.6 Å². The zero-order chi connectivity index (χ0) is 19.1. The van der Waals surface area contributed by atoms with E-state index < -0.39 is 0 Å². The second-order valence-electron chi connectivity index (χ2n) is 9.07. The number of ether oxygens (including phenoxy) is 1. The van der Waals surface area contributed by atoms with Gasteiger partial charge >= 0.3 is 0 Å². The van der Waals surface area contributed by atoms with Crippen molar-refractivity contribution >= 4 is 22.4 Å². The number of rotatable bonds is 7. The fourth-order valence-corrected chi connectivity index (χ4v) is 4.83. The smallest absolute Gasteiger partial charge is 0.255 e. The summed E-state index contributed by atoms with van der Waals surface area (Å²) in [4.78, 5) is 17.4. The highest BCUT2D eigenvalue weighted by molar-refractivity contribution is 6.32. The number of hydrogen-bond donors (Lipinski definition) is 1. The van der Waals surface area contributed by atoms with Gasteiger partial charge in [0.1, 0.15) is 5.75 Å². The lowest BCUT2D eigenvalue weighted by Gasteiger charge is -2.37. The van der Waals surface area contributed by atoms with Crippen LogP contribution in [-0.2, 0) is 0 Å². The highest BCUT2D eigenvalue weighted by atomic mass is 35.5. The zero-order valence-corrected chi connectivity index (χ0v) is 17.1. The van der Waals surface area contributed by atoms with Crippen molar-refractivity contribution in [3.05, 3.63) is 39.8 Å². The number of halogens is 1. The molecule has 1 aromatic heterocycles. The molecule has 3 aliphatic rings. The van der Waals surface area contributed by atoms with Crippen molar-refractivity contribution in [2.24, 2.45) is 11.8 Å². The van der Waals surface area contributed by atoms with E-state index in [-0.39, 0.29) is 11.7 Å². The molecule has 0 amide bonds. The number of H-pyrrole nitrogens is 1. The van der Waals surface area contributed by atoms with Crippen LogP contribution in [0.3, 0.4) is 0 Å². The Kier molecular flexibility index (Phi) is 5.10. The first-order valence-corrected chi connectivity index (χ1v) is 11.2. The van der Waals surface area contributed by atoms with Gasteiger partial charge in [-0.3, -0.25) is 9.69 Å². The lowest BCUT2D eigenvalue weighted by atomic mass is 9.91. The lowest BCUT2D eigenvalue weighted by Crippen LogP contribution is -2.42. The molecule has 150 valence electrons. The normalized spacial score (nSPS) is 25.4. The Balaban J connectivity index is 1.22. The molecular weight excluding hydrogens is 372 g/mol. The summed E-state index contributed by atoms with van der Waals surface area (Å²) in [7, 11) is 0. The fraction of sp³-hybridized carbons (Fsp3) is 0.609. The molecule has 0 radical (unpaired) electrons. The molecule has 28 heavy (non-hydrogen) atoms. The second-order valence-corrected chi connectivity index (χ2v) is 9.47. The predicted octanol–water partition coefficient (Wildman–Crippen LogP) is 4.99. The molecule has 2 aromatic rings. The number of nitrogens with zero attached hydrogens (tertiary/aromatic N) is 1. The zero-order valence-electron chi connectivity index (χ0n) is 16.3. The van der Waals surface area contributed by atoms with Crippen LogP contribution in [0.4, 0.5) is 0 Å². The summed E-state index contributed by atoms with van der Waals surface area (Å²) >= 11 is 6.42. The highest BCUT2D eigenvalue weighted by Gasteiger charge is 2.34. The van der Waals surface area contributed by atoms with Crippen molar-refractivity contribution in [2.75, 3.05) is 13.1 Å². The molecule has 1 N–H and O–H groups in total. The Bertz CT molecular complexity index is 881. The summed E-state index contributed by atoms with van der Waals surface area (Å²) in [6, 6.07) is 6.26. The standard InChI is InChI=1S/C23H29ClN2O2/c24-21-12-20-17(9-10-25-23(20)27)11-22(21)28-19-7-5-18(6-8-19)26(13-15-1-2-15)14-16-3-4-16/h9-12,15-16,18-19H,1-8,13-14H2,(H,25,27)/t18-,19-. The SMILES string of the molecule is O=c1[nH]ccc2cc(O[C@H]3CC[C@H](N(CC4CC4)CC4CC4)CC3)c(Cl)cc12.